The standard InChI is InChI=1S/C13H16BrN3/c1-9(15)13-7-16-8-17(13)10(2)11-3-5-12(14)6-4-11/h3-10H,15H2,1-2H3. The summed E-state index contributed by atoms with van der Waals surface area (Å²) in [5, 5.41) is 0. The van der Waals surface area contributed by atoms with Crippen molar-refractivity contribution in [3.63, 3.8) is 0 Å². The molecule has 0 bridgehead atoms. The van der Waals surface area contributed by atoms with Gasteiger partial charge in [0.05, 0.1) is 18.1 Å². The molecule has 0 fully saturated rings. The van der Waals surface area contributed by atoms with Gasteiger partial charge in [-0.3, -0.25) is 0 Å². The van der Waals surface area contributed by atoms with Gasteiger partial charge in [0.25, 0.3) is 0 Å². The van der Waals surface area contributed by atoms with Gasteiger partial charge in [-0.1, -0.05) is 28.1 Å². The Morgan fingerprint density at radius 3 is 2.47 bits per heavy atom. The first-order valence-electron chi connectivity index (χ1n) is 5.62. The van der Waals surface area contributed by atoms with E-state index in [1.54, 1.807) is 0 Å². The van der Waals surface area contributed by atoms with Gasteiger partial charge >= 0.3 is 0 Å². The van der Waals surface area contributed by atoms with Gasteiger partial charge in [-0.15, -0.1) is 0 Å². The summed E-state index contributed by atoms with van der Waals surface area (Å²) in [5.74, 6) is 0. The lowest BCUT2D eigenvalue weighted by atomic mass is 10.1. The summed E-state index contributed by atoms with van der Waals surface area (Å²) in [6.07, 6.45) is 3.67. The maximum atomic E-state index is 5.93. The quantitative estimate of drug-likeness (QED) is 0.944. The van der Waals surface area contributed by atoms with Crippen LogP contribution in [-0.2, 0) is 0 Å². The first-order valence-corrected chi connectivity index (χ1v) is 6.41. The molecular weight excluding hydrogens is 278 g/mol. The van der Waals surface area contributed by atoms with Crippen LogP contribution in [0.25, 0.3) is 0 Å². The zero-order valence-corrected chi connectivity index (χ0v) is 11.6. The molecule has 2 aromatic rings. The fourth-order valence-corrected chi connectivity index (χ4v) is 2.16. The van der Waals surface area contributed by atoms with Crippen molar-refractivity contribution in [2.75, 3.05) is 0 Å². The van der Waals surface area contributed by atoms with Crippen molar-refractivity contribution in [1.82, 2.24) is 9.55 Å². The number of rotatable bonds is 3. The number of nitrogens with zero attached hydrogens (tertiary/aromatic N) is 2. The third-order valence-electron chi connectivity index (χ3n) is 2.93. The Hall–Kier alpha value is -1.13. The molecule has 17 heavy (non-hydrogen) atoms. The first kappa shape index (κ1) is 12.3. The van der Waals surface area contributed by atoms with Crippen LogP contribution in [-0.4, -0.2) is 9.55 Å². The molecule has 0 aliphatic rings. The van der Waals surface area contributed by atoms with Crippen molar-refractivity contribution in [2.45, 2.75) is 25.9 Å². The van der Waals surface area contributed by atoms with E-state index in [-0.39, 0.29) is 12.1 Å². The van der Waals surface area contributed by atoms with Crippen LogP contribution in [0.2, 0.25) is 0 Å². The molecular formula is C13H16BrN3. The largest absolute Gasteiger partial charge is 0.326 e. The average Bonchev–Trinajstić information content (AvgIpc) is 2.78. The molecule has 1 heterocycles. The molecule has 0 spiro atoms. The second-order valence-electron chi connectivity index (χ2n) is 4.24. The normalized spacial score (nSPS) is 14.6. The lowest BCUT2D eigenvalue weighted by molar-refractivity contribution is 0.582. The molecule has 2 atom stereocenters. The van der Waals surface area contributed by atoms with E-state index >= 15 is 0 Å². The van der Waals surface area contributed by atoms with Crippen molar-refractivity contribution in [3.05, 3.63) is 52.5 Å². The van der Waals surface area contributed by atoms with Gasteiger partial charge in [-0.25, -0.2) is 4.98 Å². The number of nitrogens with two attached hydrogens (primary N) is 1. The summed E-state index contributed by atoms with van der Waals surface area (Å²) < 4.78 is 3.21. The van der Waals surface area contributed by atoms with Crippen LogP contribution in [0.3, 0.4) is 0 Å². The molecule has 2 unspecified atom stereocenters. The van der Waals surface area contributed by atoms with Crippen LogP contribution in [0, 0.1) is 0 Å². The van der Waals surface area contributed by atoms with Crippen LogP contribution in [0.15, 0.2) is 41.3 Å². The van der Waals surface area contributed by atoms with Crippen molar-refractivity contribution < 1.29 is 0 Å². The third-order valence-corrected chi connectivity index (χ3v) is 3.46. The molecule has 3 nitrogen and oxygen atoms in total. The van der Waals surface area contributed by atoms with Gasteiger partial charge in [0, 0.05) is 16.7 Å². The summed E-state index contributed by atoms with van der Waals surface area (Å²) in [7, 11) is 0. The molecule has 90 valence electrons. The highest BCUT2D eigenvalue weighted by molar-refractivity contribution is 9.10. The second kappa shape index (κ2) is 5.02. The molecule has 0 saturated heterocycles. The summed E-state index contributed by atoms with van der Waals surface area (Å²) in [6, 6.07) is 8.56. The summed E-state index contributed by atoms with van der Waals surface area (Å²) >= 11 is 3.44. The average molecular weight is 294 g/mol. The highest BCUT2D eigenvalue weighted by Gasteiger charge is 2.13. The Labute approximate surface area is 110 Å². The van der Waals surface area contributed by atoms with Gasteiger partial charge in [-0.2, -0.15) is 0 Å². The molecule has 1 aromatic carbocycles. The fraction of sp³-hybridized carbons (Fsp3) is 0.308. The lowest BCUT2D eigenvalue weighted by Crippen LogP contribution is -2.15. The summed E-state index contributed by atoms with van der Waals surface area (Å²) in [6.45, 7) is 4.12. The van der Waals surface area contributed by atoms with Gasteiger partial charge in [-0.05, 0) is 31.5 Å². The van der Waals surface area contributed by atoms with Crippen molar-refractivity contribution >= 4 is 15.9 Å². The molecule has 1 aromatic heterocycles. The minimum Gasteiger partial charge on any atom is -0.326 e. The zero-order chi connectivity index (χ0) is 12.4. The Kier molecular flexibility index (Phi) is 3.64. The molecule has 0 aliphatic carbocycles. The van der Waals surface area contributed by atoms with Crippen LogP contribution in [0.1, 0.15) is 37.2 Å². The first-order chi connectivity index (χ1) is 8.09. The van der Waals surface area contributed by atoms with E-state index < -0.39 is 0 Å². The SMILES string of the molecule is CC(N)c1cncn1C(C)c1ccc(Br)cc1. The number of halogens is 1. The van der Waals surface area contributed by atoms with Crippen LogP contribution >= 0.6 is 15.9 Å². The maximum Gasteiger partial charge on any atom is 0.0954 e. The van der Waals surface area contributed by atoms with Gasteiger partial charge in [0.15, 0.2) is 0 Å². The Morgan fingerprint density at radius 2 is 1.88 bits per heavy atom. The van der Waals surface area contributed by atoms with E-state index in [1.165, 1.54) is 5.56 Å². The number of aromatic nitrogens is 2. The topological polar surface area (TPSA) is 43.8 Å². The highest BCUT2D eigenvalue weighted by atomic mass is 79.9. The molecule has 4 heteroatoms. The molecule has 0 saturated carbocycles. The molecule has 0 radical (unpaired) electrons. The van der Waals surface area contributed by atoms with E-state index in [9.17, 15) is 0 Å². The van der Waals surface area contributed by atoms with E-state index in [1.807, 2.05) is 31.6 Å². The second-order valence-corrected chi connectivity index (χ2v) is 5.16. The van der Waals surface area contributed by atoms with Crippen molar-refractivity contribution in [3.8, 4) is 0 Å². The number of hydrogen-bond donors (Lipinski definition) is 1. The number of benzene rings is 1. The minimum absolute atomic E-state index is 0.00426. The molecule has 2 N–H and O–H groups in total. The minimum atomic E-state index is -0.00426. The molecule has 0 aliphatic heterocycles. The van der Waals surface area contributed by atoms with Gasteiger partial charge < -0.3 is 10.3 Å². The van der Waals surface area contributed by atoms with Gasteiger partial charge in [0.2, 0.25) is 0 Å². The monoisotopic (exact) mass is 293 g/mol. The van der Waals surface area contributed by atoms with Crippen LogP contribution < -0.4 is 5.73 Å². The van der Waals surface area contributed by atoms with E-state index in [0.29, 0.717) is 0 Å². The number of imidazole rings is 1. The third kappa shape index (κ3) is 2.58. The van der Waals surface area contributed by atoms with E-state index in [2.05, 4.69) is 44.5 Å². The Bertz CT molecular complexity index is 488. The lowest BCUT2D eigenvalue weighted by Gasteiger charge is -2.18. The van der Waals surface area contributed by atoms with Crippen molar-refractivity contribution in [2.24, 2.45) is 5.73 Å². The summed E-state index contributed by atoms with van der Waals surface area (Å²) in [4.78, 5) is 4.18. The maximum absolute atomic E-state index is 5.93. The van der Waals surface area contributed by atoms with Crippen LogP contribution in [0.4, 0.5) is 0 Å². The highest BCUT2D eigenvalue weighted by Crippen LogP contribution is 2.23. The summed E-state index contributed by atoms with van der Waals surface area (Å²) in [5.41, 5.74) is 8.23. The Balaban J connectivity index is 2.33. The molecule has 2 rings (SSSR count). The predicted octanol–water partition coefficient (Wildman–Crippen LogP) is 3.27. The van der Waals surface area contributed by atoms with Crippen LogP contribution in [0.5, 0.6) is 0 Å². The smallest absolute Gasteiger partial charge is 0.0954 e. The van der Waals surface area contributed by atoms with Gasteiger partial charge in [0.1, 0.15) is 0 Å². The Morgan fingerprint density at radius 1 is 1.24 bits per heavy atom. The van der Waals surface area contributed by atoms with E-state index in [4.69, 9.17) is 5.73 Å². The fourth-order valence-electron chi connectivity index (χ4n) is 1.89. The van der Waals surface area contributed by atoms with Crippen molar-refractivity contribution in [1.29, 1.82) is 0 Å². The van der Waals surface area contributed by atoms with E-state index in [0.717, 1.165) is 10.2 Å². The molecule has 0 amide bonds. The predicted molar refractivity (Wildman–Crippen MR) is 72.8 cm³/mol. The number of hydrogen-bond acceptors (Lipinski definition) is 2. The zero-order valence-electron chi connectivity index (χ0n) is 9.97.